The molecule has 1 fully saturated rings. The molecule has 1 aliphatic carbocycles. The Morgan fingerprint density at radius 2 is 1.95 bits per heavy atom. The van der Waals surface area contributed by atoms with Crippen molar-refractivity contribution < 1.29 is 19.4 Å². The molecule has 0 spiro atoms. The first-order chi connectivity index (χ1) is 8.79. The first-order valence-electron chi connectivity index (χ1n) is 6.57. The number of aliphatic carboxylic acids is 1. The summed E-state index contributed by atoms with van der Waals surface area (Å²) in [7, 11) is 1.59. The van der Waals surface area contributed by atoms with Crippen LogP contribution in [0.4, 0.5) is 4.79 Å². The van der Waals surface area contributed by atoms with Crippen LogP contribution in [-0.2, 0) is 9.53 Å². The number of nitrogens with one attached hydrogen (secondary N) is 2. The first-order valence-corrected chi connectivity index (χ1v) is 6.57. The molecule has 6 heteroatoms. The SMILES string of the molecule is COC(C)(C)CNC(=O)NCC1(CC(=O)O)CCC1. The molecule has 0 atom stereocenters. The van der Waals surface area contributed by atoms with Crippen molar-refractivity contribution in [2.45, 2.75) is 45.1 Å². The fraction of sp³-hybridized carbons (Fsp3) is 0.846. The Kier molecular flexibility index (Phi) is 5.17. The van der Waals surface area contributed by atoms with Gasteiger partial charge in [-0.15, -0.1) is 0 Å². The third-order valence-corrected chi connectivity index (χ3v) is 3.79. The third kappa shape index (κ3) is 5.06. The lowest BCUT2D eigenvalue weighted by Crippen LogP contribution is -2.49. The van der Waals surface area contributed by atoms with Gasteiger partial charge in [-0.05, 0) is 32.1 Å². The van der Waals surface area contributed by atoms with E-state index in [0.29, 0.717) is 13.1 Å². The van der Waals surface area contributed by atoms with E-state index in [1.54, 1.807) is 7.11 Å². The molecule has 3 N–H and O–H groups in total. The monoisotopic (exact) mass is 272 g/mol. The number of urea groups is 1. The Balaban J connectivity index is 2.31. The third-order valence-electron chi connectivity index (χ3n) is 3.79. The van der Waals surface area contributed by atoms with E-state index in [2.05, 4.69) is 10.6 Å². The number of rotatable bonds is 7. The Morgan fingerprint density at radius 3 is 2.37 bits per heavy atom. The number of ether oxygens (including phenoxy) is 1. The van der Waals surface area contributed by atoms with E-state index in [0.717, 1.165) is 19.3 Å². The Hall–Kier alpha value is -1.30. The van der Waals surface area contributed by atoms with E-state index < -0.39 is 11.6 Å². The summed E-state index contributed by atoms with van der Waals surface area (Å²) in [5.41, 5.74) is -0.660. The molecule has 0 saturated heterocycles. The molecule has 0 aromatic heterocycles. The van der Waals surface area contributed by atoms with E-state index >= 15 is 0 Å². The van der Waals surface area contributed by atoms with Gasteiger partial charge in [0.15, 0.2) is 0 Å². The molecule has 1 rings (SSSR count). The van der Waals surface area contributed by atoms with E-state index in [1.807, 2.05) is 13.8 Å². The van der Waals surface area contributed by atoms with Crippen LogP contribution in [0, 0.1) is 5.41 Å². The van der Waals surface area contributed by atoms with Crippen molar-refractivity contribution in [3.8, 4) is 0 Å². The predicted octanol–water partition coefficient (Wildman–Crippen LogP) is 1.36. The van der Waals surface area contributed by atoms with E-state index in [1.165, 1.54) is 0 Å². The van der Waals surface area contributed by atoms with Gasteiger partial charge < -0.3 is 20.5 Å². The first kappa shape index (κ1) is 15.8. The summed E-state index contributed by atoms with van der Waals surface area (Å²) < 4.78 is 5.20. The molecule has 6 nitrogen and oxygen atoms in total. The average Bonchev–Trinajstić information content (AvgIpc) is 2.29. The molecule has 0 aromatic carbocycles. The largest absolute Gasteiger partial charge is 0.481 e. The molecule has 0 unspecified atom stereocenters. The smallest absolute Gasteiger partial charge is 0.314 e. The van der Waals surface area contributed by atoms with Gasteiger partial charge in [-0.25, -0.2) is 4.79 Å². The summed E-state index contributed by atoms with van der Waals surface area (Å²) in [4.78, 5) is 22.5. The highest BCUT2D eigenvalue weighted by Gasteiger charge is 2.39. The molecule has 2 amide bonds. The highest BCUT2D eigenvalue weighted by Crippen LogP contribution is 2.43. The summed E-state index contributed by atoms with van der Waals surface area (Å²) in [6.07, 6.45) is 2.89. The van der Waals surface area contributed by atoms with Crippen molar-refractivity contribution in [1.29, 1.82) is 0 Å². The fourth-order valence-corrected chi connectivity index (χ4v) is 2.11. The van der Waals surface area contributed by atoms with Crippen LogP contribution in [-0.4, -0.2) is 42.9 Å². The van der Waals surface area contributed by atoms with Crippen LogP contribution < -0.4 is 10.6 Å². The zero-order valence-corrected chi connectivity index (χ0v) is 11.9. The Morgan fingerprint density at radius 1 is 1.32 bits per heavy atom. The van der Waals surface area contributed by atoms with Gasteiger partial charge in [0.25, 0.3) is 0 Å². The second kappa shape index (κ2) is 6.23. The summed E-state index contributed by atoms with van der Waals surface area (Å²) in [6, 6.07) is -0.276. The zero-order chi connectivity index (χ0) is 14.5. The van der Waals surface area contributed by atoms with Gasteiger partial charge >= 0.3 is 12.0 Å². The van der Waals surface area contributed by atoms with Crippen LogP contribution in [0.15, 0.2) is 0 Å². The van der Waals surface area contributed by atoms with Crippen LogP contribution in [0.5, 0.6) is 0 Å². The highest BCUT2D eigenvalue weighted by atomic mass is 16.5. The fourth-order valence-electron chi connectivity index (χ4n) is 2.11. The number of carboxylic acid groups (broad SMARTS) is 1. The molecular formula is C13H24N2O4. The molecule has 19 heavy (non-hydrogen) atoms. The van der Waals surface area contributed by atoms with Crippen molar-refractivity contribution in [2.75, 3.05) is 20.2 Å². The molecule has 0 aliphatic heterocycles. The molecule has 0 radical (unpaired) electrons. The van der Waals surface area contributed by atoms with E-state index in [4.69, 9.17) is 9.84 Å². The number of hydrogen-bond acceptors (Lipinski definition) is 3. The normalized spacial score (nSPS) is 17.4. The lowest BCUT2D eigenvalue weighted by Gasteiger charge is -2.40. The van der Waals surface area contributed by atoms with Crippen LogP contribution in [0.25, 0.3) is 0 Å². The van der Waals surface area contributed by atoms with Gasteiger partial charge in [-0.1, -0.05) is 6.42 Å². The Bertz CT molecular complexity index is 338. The van der Waals surface area contributed by atoms with Gasteiger partial charge in [0, 0.05) is 20.2 Å². The molecule has 0 aromatic rings. The Labute approximate surface area is 113 Å². The van der Waals surface area contributed by atoms with Gasteiger partial charge in [0.1, 0.15) is 0 Å². The van der Waals surface area contributed by atoms with Crippen molar-refractivity contribution >= 4 is 12.0 Å². The number of amides is 2. The number of hydrogen-bond donors (Lipinski definition) is 3. The average molecular weight is 272 g/mol. The summed E-state index contributed by atoms with van der Waals surface area (Å²) in [6.45, 7) is 4.58. The zero-order valence-electron chi connectivity index (χ0n) is 11.9. The maximum absolute atomic E-state index is 11.7. The molecule has 0 bridgehead atoms. The van der Waals surface area contributed by atoms with Gasteiger partial charge in [-0.3, -0.25) is 4.79 Å². The number of carbonyl (C=O) groups is 2. The van der Waals surface area contributed by atoms with Crippen molar-refractivity contribution in [1.82, 2.24) is 10.6 Å². The molecule has 1 saturated carbocycles. The maximum atomic E-state index is 11.7. The lowest BCUT2D eigenvalue weighted by molar-refractivity contribution is -0.141. The van der Waals surface area contributed by atoms with Gasteiger partial charge in [-0.2, -0.15) is 0 Å². The predicted molar refractivity (Wildman–Crippen MR) is 71.0 cm³/mol. The number of carbonyl (C=O) groups excluding carboxylic acids is 1. The molecule has 0 heterocycles. The summed E-state index contributed by atoms with van der Waals surface area (Å²) in [5, 5.41) is 14.4. The van der Waals surface area contributed by atoms with Crippen LogP contribution >= 0.6 is 0 Å². The van der Waals surface area contributed by atoms with Crippen LogP contribution in [0.2, 0.25) is 0 Å². The second-order valence-corrected chi connectivity index (χ2v) is 5.92. The van der Waals surface area contributed by atoms with Crippen molar-refractivity contribution in [2.24, 2.45) is 5.41 Å². The maximum Gasteiger partial charge on any atom is 0.314 e. The summed E-state index contributed by atoms with van der Waals surface area (Å²) in [5.74, 6) is -0.803. The summed E-state index contributed by atoms with van der Waals surface area (Å²) >= 11 is 0. The topological polar surface area (TPSA) is 87.7 Å². The van der Waals surface area contributed by atoms with Gasteiger partial charge in [0.2, 0.25) is 0 Å². The minimum absolute atomic E-state index is 0.122. The van der Waals surface area contributed by atoms with E-state index in [-0.39, 0.29) is 17.9 Å². The molecular weight excluding hydrogens is 248 g/mol. The van der Waals surface area contributed by atoms with Crippen molar-refractivity contribution in [3.05, 3.63) is 0 Å². The lowest BCUT2D eigenvalue weighted by atomic mass is 9.66. The number of carboxylic acids is 1. The minimum Gasteiger partial charge on any atom is -0.481 e. The second-order valence-electron chi connectivity index (χ2n) is 5.92. The molecule has 110 valence electrons. The van der Waals surface area contributed by atoms with Crippen molar-refractivity contribution in [3.63, 3.8) is 0 Å². The minimum atomic E-state index is -0.803. The van der Waals surface area contributed by atoms with Crippen LogP contribution in [0.3, 0.4) is 0 Å². The van der Waals surface area contributed by atoms with Crippen LogP contribution in [0.1, 0.15) is 39.5 Å². The van der Waals surface area contributed by atoms with Gasteiger partial charge in [0.05, 0.1) is 12.0 Å². The standard InChI is InChI=1S/C13H24N2O4/c1-12(2,19-3)8-14-11(18)15-9-13(5-4-6-13)7-10(16)17/h4-9H2,1-3H3,(H,16,17)(H2,14,15,18). The van der Waals surface area contributed by atoms with E-state index in [9.17, 15) is 9.59 Å². The molecule has 1 aliphatic rings. The quantitative estimate of drug-likeness (QED) is 0.653. The highest BCUT2D eigenvalue weighted by molar-refractivity contribution is 5.74. The number of methoxy groups -OCH3 is 1.